The normalized spacial score (nSPS) is 10.3. The number of ether oxygens (including phenoxy) is 1. The van der Waals surface area contributed by atoms with Crippen LogP contribution in [-0.4, -0.2) is 30.5 Å². The van der Waals surface area contributed by atoms with Crippen LogP contribution >= 0.6 is 11.3 Å². The Labute approximate surface area is 151 Å². The molecule has 7 heteroatoms. The van der Waals surface area contributed by atoms with Crippen molar-refractivity contribution in [2.24, 2.45) is 0 Å². The summed E-state index contributed by atoms with van der Waals surface area (Å²) in [6.45, 7) is 2.79. The van der Waals surface area contributed by atoms with Crippen molar-refractivity contribution in [1.29, 1.82) is 0 Å². The third kappa shape index (κ3) is 5.86. The lowest BCUT2D eigenvalue weighted by Crippen LogP contribution is -2.24. The Balaban J connectivity index is 1.85. The average molecular weight is 361 g/mol. The van der Waals surface area contributed by atoms with Crippen molar-refractivity contribution < 1.29 is 14.3 Å². The van der Waals surface area contributed by atoms with E-state index >= 15 is 0 Å². The quantitative estimate of drug-likeness (QED) is 0.667. The predicted octanol–water partition coefficient (Wildman–Crippen LogP) is 3.71. The van der Waals surface area contributed by atoms with E-state index in [-0.39, 0.29) is 11.8 Å². The minimum Gasteiger partial charge on any atom is -0.497 e. The van der Waals surface area contributed by atoms with E-state index in [9.17, 15) is 9.59 Å². The summed E-state index contributed by atoms with van der Waals surface area (Å²) >= 11 is 1.23. The van der Waals surface area contributed by atoms with Gasteiger partial charge >= 0.3 is 0 Å². The standard InChI is InChI=1S/C18H23N3O3S/c1-3-4-5-6-11-19-17(23)15-12-25-18(20-15)21-16(22)13-7-9-14(24-2)10-8-13/h7-10,12H,3-6,11H2,1-2H3,(H,19,23)(H,20,21,22). The highest BCUT2D eigenvalue weighted by atomic mass is 32.1. The molecular formula is C18H23N3O3S. The molecule has 0 aliphatic heterocycles. The molecule has 0 atom stereocenters. The second-order valence-electron chi connectivity index (χ2n) is 5.54. The number of amides is 2. The topological polar surface area (TPSA) is 80.3 Å². The van der Waals surface area contributed by atoms with E-state index in [2.05, 4.69) is 22.5 Å². The van der Waals surface area contributed by atoms with Crippen LogP contribution in [0, 0.1) is 0 Å². The van der Waals surface area contributed by atoms with Gasteiger partial charge in [-0.3, -0.25) is 14.9 Å². The third-order valence-electron chi connectivity index (χ3n) is 3.63. The molecule has 6 nitrogen and oxygen atoms in total. The number of carbonyl (C=O) groups excluding carboxylic acids is 2. The number of unbranched alkanes of at least 4 members (excludes halogenated alkanes) is 3. The van der Waals surface area contributed by atoms with Crippen LogP contribution in [0.3, 0.4) is 0 Å². The molecule has 0 bridgehead atoms. The smallest absolute Gasteiger partial charge is 0.270 e. The summed E-state index contributed by atoms with van der Waals surface area (Å²) in [6, 6.07) is 6.78. The summed E-state index contributed by atoms with van der Waals surface area (Å²) in [5.74, 6) is 0.199. The first kappa shape index (κ1) is 18.9. The van der Waals surface area contributed by atoms with Gasteiger partial charge in [0.2, 0.25) is 0 Å². The molecule has 1 aromatic carbocycles. The monoisotopic (exact) mass is 361 g/mol. The Bertz CT molecular complexity index is 698. The maximum Gasteiger partial charge on any atom is 0.270 e. The molecular weight excluding hydrogens is 338 g/mol. The van der Waals surface area contributed by atoms with Crippen molar-refractivity contribution >= 4 is 28.3 Å². The number of benzene rings is 1. The molecule has 0 fully saturated rings. The van der Waals surface area contributed by atoms with Gasteiger partial charge in [0.1, 0.15) is 11.4 Å². The van der Waals surface area contributed by atoms with Crippen LogP contribution in [0.4, 0.5) is 5.13 Å². The number of thiazole rings is 1. The Hall–Kier alpha value is -2.41. The predicted molar refractivity (Wildman–Crippen MR) is 99.5 cm³/mol. The zero-order valence-corrected chi connectivity index (χ0v) is 15.3. The van der Waals surface area contributed by atoms with Crippen molar-refractivity contribution in [3.05, 3.63) is 40.9 Å². The summed E-state index contributed by atoms with van der Waals surface area (Å²) in [5, 5.41) is 7.59. The van der Waals surface area contributed by atoms with Crippen LogP contribution in [-0.2, 0) is 0 Å². The van der Waals surface area contributed by atoms with E-state index in [1.807, 2.05) is 0 Å². The first-order chi connectivity index (χ1) is 12.1. The molecule has 0 unspecified atom stereocenters. The highest BCUT2D eigenvalue weighted by Crippen LogP contribution is 2.18. The summed E-state index contributed by atoms with van der Waals surface area (Å²) in [6.07, 6.45) is 4.41. The molecule has 1 aromatic heterocycles. The van der Waals surface area contributed by atoms with Crippen molar-refractivity contribution in [2.45, 2.75) is 32.6 Å². The molecule has 0 radical (unpaired) electrons. The van der Waals surface area contributed by atoms with Crippen LogP contribution in [0.25, 0.3) is 0 Å². The van der Waals surface area contributed by atoms with Gasteiger partial charge in [-0.15, -0.1) is 11.3 Å². The second-order valence-corrected chi connectivity index (χ2v) is 6.40. The van der Waals surface area contributed by atoms with Crippen LogP contribution in [0.15, 0.2) is 29.6 Å². The number of nitrogens with zero attached hydrogens (tertiary/aromatic N) is 1. The number of nitrogens with one attached hydrogen (secondary N) is 2. The molecule has 2 rings (SSSR count). The molecule has 2 aromatic rings. The lowest BCUT2D eigenvalue weighted by atomic mass is 10.2. The summed E-state index contributed by atoms with van der Waals surface area (Å²) in [7, 11) is 1.57. The third-order valence-corrected chi connectivity index (χ3v) is 4.38. The molecule has 134 valence electrons. The van der Waals surface area contributed by atoms with Crippen LogP contribution < -0.4 is 15.4 Å². The van der Waals surface area contributed by atoms with E-state index in [1.165, 1.54) is 17.8 Å². The Morgan fingerprint density at radius 1 is 1.12 bits per heavy atom. The van der Waals surface area contributed by atoms with E-state index in [4.69, 9.17) is 4.74 Å². The number of aromatic nitrogens is 1. The summed E-state index contributed by atoms with van der Waals surface area (Å²) in [5.41, 5.74) is 0.823. The Kier molecular flexibility index (Phi) is 7.40. The van der Waals surface area contributed by atoms with Gasteiger partial charge in [-0.1, -0.05) is 26.2 Å². The fraction of sp³-hybridized carbons (Fsp3) is 0.389. The maximum atomic E-state index is 12.2. The van der Waals surface area contributed by atoms with E-state index in [0.29, 0.717) is 28.7 Å². The SMILES string of the molecule is CCCCCCNC(=O)c1csc(NC(=O)c2ccc(OC)cc2)n1. The van der Waals surface area contributed by atoms with Gasteiger partial charge in [0, 0.05) is 17.5 Å². The summed E-state index contributed by atoms with van der Waals surface area (Å²) in [4.78, 5) is 28.4. The molecule has 25 heavy (non-hydrogen) atoms. The fourth-order valence-corrected chi connectivity index (χ4v) is 2.88. The second kappa shape index (κ2) is 9.78. The molecule has 0 spiro atoms. The van der Waals surface area contributed by atoms with Gasteiger partial charge in [-0.05, 0) is 30.7 Å². The molecule has 1 heterocycles. The van der Waals surface area contributed by atoms with Crippen molar-refractivity contribution in [3.63, 3.8) is 0 Å². The Morgan fingerprint density at radius 2 is 1.88 bits per heavy atom. The molecule has 0 saturated carbocycles. The number of anilines is 1. The summed E-state index contributed by atoms with van der Waals surface area (Å²) < 4.78 is 5.06. The van der Waals surface area contributed by atoms with Gasteiger partial charge < -0.3 is 10.1 Å². The van der Waals surface area contributed by atoms with E-state index in [0.717, 1.165) is 19.3 Å². The van der Waals surface area contributed by atoms with E-state index in [1.54, 1.807) is 36.8 Å². The highest BCUT2D eigenvalue weighted by molar-refractivity contribution is 7.14. The number of rotatable bonds is 9. The highest BCUT2D eigenvalue weighted by Gasteiger charge is 2.13. The fourth-order valence-electron chi connectivity index (χ4n) is 2.19. The molecule has 2 N–H and O–H groups in total. The van der Waals surface area contributed by atoms with Crippen LogP contribution in [0.5, 0.6) is 5.75 Å². The molecule has 0 aliphatic carbocycles. The van der Waals surface area contributed by atoms with Gasteiger partial charge in [-0.25, -0.2) is 4.98 Å². The number of carbonyl (C=O) groups is 2. The number of hydrogen-bond donors (Lipinski definition) is 2. The zero-order chi connectivity index (χ0) is 18.1. The first-order valence-electron chi connectivity index (χ1n) is 8.33. The van der Waals surface area contributed by atoms with Crippen molar-refractivity contribution in [2.75, 3.05) is 19.0 Å². The number of hydrogen-bond acceptors (Lipinski definition) is 5. The van der Waals surface area contributed by atoms with Gasteiger partial charge in [0.15, 0.2) is 5.13 Å². The largest absolute Gasteiger partial charge is 0.497 e. The van der Waals surface area contributed by atoms with Crippen LogP contribution in [0.2, 0.25) is 0 Å². The zero-order valence-electron chi connectivity index (χ0n) is 14.5. The maximum absolute atomic E-state index is 12.2. The first-order valence-corrected chi connectivity index (χ1v) is 9.21. The van der Waals surface area contributed by atoms with E-state index < -0.39 is 0 Å². The van der Waals surface area contributed by atoms with Gasteiger partial charge in [0.25, 0.3) is 11.8 Å². The lowest BCUT2D eigenvalue weighted by Gasteiger charge is -2.04. The van der Waals surface area contributed by atoms with Crippen LogP contribution in [0.1, 0.15) is 53.5 Å². The molecule has 0 saturated heterocycles. The minimum atomic E-state index is -0.275. The van der Waals surface area contributed by atoms with Crippen molar-refractivity contribution in [3.8, 4) is 5.75 Å². The lowest BCUT2D eigenvalue weighted by molar-refractivity contribution is 0.0947. The molecule has 2 amide bonds. The van der Waals surface area contributed by atoms with Gasteiger partial charge in [0.05, 0.1) is 7.11 Å². The number of methoxy groups -OCH3 is 1. The average Bonchev–Trinajstić information content (AvgIpc) is 3.10. The van der Waals surface area contributed by atoms with Crippen molar-refractivity contribution in [1.82, 2.24) is 10.3 Å². The Morgan fingerprint density at radius 3 is 2.56 bits per heavy atom. The minimum absolute atomic E-state index is 0.210. The van der Waals surface area contributed by atoms with Gasteiger partial charge in [-0.2, -0.15) is 0 Å². The molecule has 0 aliphatic rings.